The van der Waals surface area contributed by atoms with Crippen LogP contribution in [0.15, 0.2) is 59.8 Å². The van der Waals surface area contributed by atoms with E-state index in [1.54, 1.807) is 0 Å². The lowest BCUT2D eigenvalue weighted by atomic mass is 9.71. The van der Waals surface area contributed by atoms with Crippen molar-refractivity contribution in [2.45, 2.75) is 103 Å². The Kier molecular flexibility index (Phi) is 12.9. The highest BCUT2D eigenvalue weighted by molar-refractivity contribution is 14.1. The zero-order valence-electron chi connectivity index (χ0n) is 30.4. The number of allylic oxidation sites excluding steroid dienone is 2. The van der Waals surface area contributed by atoms with E-state index in [-0.39, 0.29) is 22.6 Å². The first kappa shape index (κ1) is 40.4. The zero-order valence-corrected chi connectivity index (χ0v) is 35.6. The van der Waals surface area contributed by atoms with E-state index in [1.807, 2.05) is 32.9 Å². The first-order chi connectivity index (χ1) is 24.0. The van der Waals surface area contributed by atoms with E-state index in [4.69, 9.17) is 9.99 Å². The van der Waals surface area contributed by atoms with Crippen LogP contribution in [-0.2, 0) is 34.5 Å². The van der Waals surface area contributed by atoms with E-state index in [9.17, 15) is 14.7 Å². The van der Waals surface area contributed by atoms with Crippen LogP contribution in [0, 0.1) is 13.1 Å². The number of ether oxygens (including phenoxy) is 1. The summed E-state index contributed by atoms with van der Waals surface area (Å²) in [6, 6.07) is 12.9. The number of nitrogens with zero attached hydrogens (tertiary/aromatic N) is 2. The van der Waals surface area contributed by atoms with E-state index in [0.29, 0.717) is 24.3 Å². The van der Waals surface area contributed by atoms with Gasteiger partial charge in [-0.2, -0.15) is 4.58 Å². The smallest absolute Gasteiger partial charge is 0.306 e. The zero-order chi connectivity index (χ0) is 37.3. The molecule has 2 aliphatic heterocycles. The number of Topliss-reactive ketones (excluding diaryl/α,β-unsaturated/α-hetero) is 1. The normalized spacial score (nSPS) is 22.1. The molecule has 1 saturated carbocycles. The van der Waals surface area contributed by atoms with Gasteiger partial charge in [0.2, 0.25) is 5.69 Å². The number of ketones is 1. The number of aliphatic hydroxyl groups is 1. The Morgan fingerprint density at radius 1 is 1.00 bits per heavy atom. The number of hydrogen-bond donors (Lipinski definition) is 2. The maximum Gasteiger partial charge on any atom is 0.306 e. The maximum atomic E-state index is 14.0. The van der Waals surface area contributed by atoms with Crippen LogP contribution in [0.1, 0.15) is 91.7 Å². The molecule has 2 atom stereocenters. The van der Waals surface area contributed by atoms with Crippen LogP contribution in [0.2, 0.25) is 0 Å². The van der Waals surface area contributed by atoms with E-state index < -0.39 is 17.6 Å². The molecule has 2 aromatic rings. The van der Waals surface area contributed by atoms with E-state index in [1.165, 1.54) is 11.1 Å². The van der Waals surface area contributed by atoms with Crippen molar-refractivity contribution >= 4 is 86.1 Å². The molecule has 0 amide bonds. The van der Waals surface area contributed by atoms with Crippen LogP contribution in [0.5, 0.6) is 0 Å². The molecule has 5 rings (SSSR count). The van der Waals surface area contributed by atoms with Crippen molar-refractivity contribution in [3.8, 4) is 0 Å². The van der Waals surface area contributed by atoms with Crippen LogP contribution in [0.25, 0.3) is 0 Å². The Morgan fingerprint density at radius 3 is 2.35 bits per heavy atom. The molecule has 276 valence electrons. The molecule has 12 heteroatoms. The minimum Gasteiger partial charge on any atom is -0.460 e. The summed E-state index contributed by atoms with van der Waals surface area (Å²) in [5.74, 6) is -0.297. The number of esters is 1. The average molecular weight is 944 g/mol. The highest BCUT2D eigenvalue weighted by Crippen LogP contribution is 2.50. The van der Waals surface area contributed by atoms with Crippen LogP contribution in [0.4, 0.5) is 11.4 Å². The minimum atomic E-state index is -0.931. The molecule has 1 fully saturated rings. The summed E-state index contributed by atoms with van der Waals surface area (Å²) < 4.78 is 14.6. The molecule has 2 unspecified atom stereocenters. The summed E-state index contributed by atoms with van der Waals surface area (Å²) in [6.45, 7) is 15.7. The molecule has 9 nitrogen and oxygen atoms in total. The van der Waals surface area contributed by atoms with Crippen molar-refractivity contribution in [1.82, 2.24) is 0 Å². The van der Waals surface area contributed by atoms with Gasteiger partial charge in [0.05, 0.1) is 17.4 Å². The molecule has 0 saturated heterocycles. The highest BCUT2D eigenvalue weighted by Gasteiger charge is 2.50. The summed E-state index contributed by atoms with van der Waals surface area (Å²) in [5.41, 5.74) is 5.75. The van der Waals surface area contributed by atoms with Gasteiger partial charge in [-0.1, -0.05) is 25.0 Å². The average Bonchev–Trinajstić information content (AvgIpc) is 3.38. The van der Waals surface area contributed by atoms with E-state index >= 15 is 0 Å². The Hall–Kier alpha value is -1.82. The predicted octanol–water partition coefficient (Wildman–Crippen LogP) is 8.80. The third-order valence-electron chi connectivity index (χ3n) is 9.95. The lowest BCUT2D eigenvalue weighted by Gasteiger charge is -2.35. The number of benzene rings is 2. The van der Waals surface area contributed by atoms with Crippen molar-refractivity contribution in [2.24, 2.45) is 5.92 Å². The van der Waals surface area contributed by atoms with Gasteiger partial charge in [-0.3, -0.25) is 9.59 Å². The van der Waals surface area contributed by atoms with Crippen LogP contribution < -0.4 is 4.90 Å². The fourth-order valence-corrected chi connectivity index (χ4v) is 8.74. The molecule has 51 heavy (non-hydrogen) atoms. The van der Waals surface area contributed by atoms with Crippen molar-refractivity contribution in [3.63, 3.8) is 0 Å². The van der Waals surface area contributed by atoms with Gasteiger partial charge in [0.1, 0.15) is 12.1 Å². The van der Waals surface area contributed by atoms with E-state index in [0.717, 1.165) is 74.2 Å². The van der Waals surface area contributed by atoms with Gasteiger partial charge in [-0.25, -0.2) is 5.26 Å². The molecular formula is C39H49I2N2O7S+. The molecule has 0 spiro atoms. The lowest BCUT2D eigenvalue weighted by molar-refractivity contribution is -0.438. The summed E-state index contributed by atoms with van der Waals surface area (Å²) in [5, 5.41) is 23.9. The number of halogens is 2. The predicted molar refractivity (Wildman–Crippen MR) is 218 cm³/mol. The topological polar surface area (TPSA) is 109 Å². The van der Waals surface area contributed by atoms with Crippen molar-refractivity contribution in [3.05, 3.63) is 78.1 Å². The second-order valence-corrected chi connectivity index (χ2v) is 18.7. The molecule has 2 heterocycles. The molecule has 0 radical (unpaired) electrons. The number of fused-ring (bicyclic) bond motifs is 2. The minimum absolute atomic E-state index is 0.0634. The fourth-order valence-electron chi connectivity index (χ4n) is 7.40. The van der Waals surface area contributed by atoms with Gasteiger partial charge in [-0.05, 0) is 135 Å². The Morgan fingerprint density at radius 2 is 1.69 bits per heavy atom. The molecule has 0 bridgehead atoms. The lowest BCUT2D eigenvalue weighted by Crippen LogP contribution is -2.46. The van der Waals surface area contributed by atoms with Gasteiger partial charge in [-0.15, -0.1) is 4.33 Å². The molecule has 1 aliphatic carbocycles. The number of rotatable bonds is 14. The summed E-state index contributed by atoms with van der Waals surface area (Å²) in [4.78, 5) is 28.5. The largest absolute Gasteiger partial charge is 0.460 e. The number of carbonyl (C=O) groups is 2. The number of hydrogen-bond acceptors (Lipinski definition) is 9. The standard InChI is InChI=1S/C39H48I2N2O7S/c1-37(2,3)48-34(44)12-9-8-10-17-42-30-15-13-24(40)20-28(30)38(4,5)32(42)22-26-35(45)27(36(26)46)23-33-39(6,7)29-21-25(41)14-16-31(29)43(33)18-11-19-51-50-49-47/h13-16,20-23,27,35,45H,8-12,17-19H2,1-7H3/p+1. The second kappa shape index (κ2) is 16.3. The van der Waals surface area contributed by atoms with Gasteiger partial charge in [0.15, 0.2) is 11.5 Å². The highest BCUT2D eigenvalue weighted by atomic mass is 127. The number of aliphatic hydroxyl groups excluding tert-OH is 1. The Balaban J connectivity index is 1.39. The van der Waals surface area contributed by atoms with Gasteiger partial charge in [0.25, 0.3) is 0 Å². The number of anilines is 1. The number of carbonyl (C=O) groups excluding carboxylic acids is 2. The third-order valence-corrected chi connectivity index (χ3v) is 11.9. The van der Waals surface area contributed by atoms with Crippen molar-refractivity contribution in [1.29, 1.82) is 0 Å². The SMILES string of the molecule is CC(C)(C)OC(=O)CCCCC[N+]1=C(C=C2C(=O)C(C=C3N(CCCSOOO)c4ccc(I)cc4C3(C)C)C2O)C(C)(C)c2cc(I)ccc21. The van der Waals surface area contributed by atoms with Crippen LogP contribution >= 0.6 is 57.2 Å². The van der Waals surface area contributed by atoms with Crippen LogP contribution in [-0.4, -0.2) is 63.0 Å². The molecule has 0 aromatic heterocycles. The molecule has 2 aromatic carbocycles. The molecule has 3 aliphatic rings. The van der Waals surface area contributed by atoms with Gasteiger partial charge in [0, 0.05) is 84.4 Å². The monoisotopic (exact) mass is 943 g/mol. The Labute approximate surface area is 333 Å². The quantitative estimate of drug-likeness (QED) is 0.0281. The van der Waals surface area contributed by atoms with E-state index in [2.05, 4.69) is 128 Å². The first-order valence-electron chi connectivity index (χ1n) is 17.5. The maximum absolute atomic E-state index is 14.0. The number of unbranched alkanes of at least 4 members (excludes halogenated alkanes) is 2. The van der Waals surface area contributed by atoms with Crippen molar-refractivity contribution in [2.75, 3.05) is 23.7 Å². The van der Waals surface area contributed by atoms with Gasteiger partial charge >= 0.3 is 5.97 Å². The summed E-state index contributed by atoms with van der Waals surface area (Å²) in [6.07, 6.45) is 6.58. The molecule has 2 N–H and O–H groups in total. The molecular weight excluding hydrogens is 894 g/mol. The fraction of sp³-hybridized carbons (Fsp3) is 0.513. The summed E-state index contributed by atoms with van der Waals surface area (Å²) >= 11 is 5.69. The summed E-state index contributed by atoms with van der Waals surface area (Å²) in [7, 11) is 0. The van der Waals surface area contributed by atoms with Crippen LogP contribution in [0.3, 0.4) is 0 Å². The van der Waals surface area contributed by atoms with Gasteiger partial charge < -0.3 is 14.7 Å². The second-order valence-electron chi connectivity index (χ2n) is 15.5. The Bertz CT molecular complexity index is 1760. The third kappa shape index (κ3) is 8.78. The first-order valence-corrected chi connectivity index (χ1v) is 20.5. The van der Waals surface area contributed by atoms with Crippen molar-refractivity contribution < 1.29 is 38.6 Å².